The lowest BCUT2D eigenvalue weighted by molar-refractivity contribution is -0.124. The summed E-state index contributed by atoms with van der Waals surface area (Å²) in [6.07, 6.45) is 1.58. The molecular formula is C33H35F3N6O3. The summed E-state index contributed by atoms with van der Waals surface area (Å²) in [5, 5.41) is 13.1. The highest BCUT2D eigenvalue weighted by atomic mass is 19.2. The third-order valence-electron chi connectivity index (χ3n) is 7.50. The molecule has 1 unspecified atom stereocenters. The molecule has 236 valence electrons. The topological polar surface area (TPSA) is 127 Å². The molecule has 3 amide bonds. The van der Waals surface area contributed by atoms with Gasteiger partial charge in [-0.25, -0.2) is 13.2 Å². The zero-order valence-electron chi connectivity index (χ0n) is 25.3. The van der Waals surface area contributed by atoms with E-state index in [0.717, 1.165) is 17.7 Å². The van der Waals surface area contributed by atoms with Crippen LogP contribution >= 0.6 is 0 Å². The minimum absolute atomic E-state index is 0.00166. The molecular weight excluding hydrogens is 585 g/mol. The number of carbonyl (C=O) groups is 3. The number of rotatable bonds is 10. The van der Waals surface area contributed by atoms with Crippen molar-refractivity contribution in [1.82, 2.24) is 21.2 Å². The number of hydrazine groups is 1. The molecule has 0 bridgehead atoms. The first kappa shape index (κ1) is 33.0. The van der Waals surface area contributed by atoms with Gasteiger partial charge in [-0.15, -0.1) is 0 Å². The number of hydrogen-bond donors (Lipinski definition) is 3. The maximum atomic E-state index is 13.6. The van der Waals surface area contributed by atoms with Crippen molar-refractivity contribution in [2.75, 3.05) is 18.0 Å². The minimum atomic E-state index is -1.01. The van der Waals surface area contributed by atoms with Gasteiger partial charge in [0.25, 0.3) is 5.91 Å². The summed E-state index contributed by atoms with van der Waals surface area (Å²) in [6.45, 7) is 5.75. The van der Waals surface area contributed by atoms with Gasteiger partial charge in [0, 0.05) is 26.6 Å². The Morgan fingerprint density at radius 1 is 1.00 bits per heavy atom. The Kier molecular flexibility index (Phi) is 10.8. The van der Waals surface area contributed by atoms with Crippen molar-refractivity contribution in [2.45, 2.75) is 53.0 Å². The van der Waals surface area contributed by atoms with Crippen LogP contribution in [-0.4, -0.2) is 35.8 Å². The number of nitrogens with one attached hydrogen (secondary N) is 3. The van der Waals surface area contributed by atoms with E-state index in [2.05, 4.69) is 22.2 Å². The van der Waals surface area contributed by atoms with Gasteiger partial charge in [-0.1, -0.05) is 32.0 Å². The monoisotopic (exact) mass is 620 g/mol. The number of hydrogen-bond acceptors (Lipinski definition) is 6. The van der Waals surface area contributed by atoms with Crippen LogP contribution in [0.4, 0.5) is 18.9 Å². The first-order chi connectivity index (χ1) is 21.5. The molecule has 0 aliphatic carbocycles. The Morgan fingerprint density at radius 2 is 1.71 bits per heavy atom. The number of nitriles is 1. The normalized spacial score (nSPS) is 14.3. The highest BCUT2D eigenvalue weighted by Crippen LogP contribution is 2.35. The lowest BCUT2D eigenvalue weighted by atomic mass is 9.95. The second kappa shape index (κ2) is 14.7. The van der Waals surface area contributed by atoms with Crippen LogP contribution < -0.4 is 21.1 Å². The maximum Gasteiger partial charge on any atom is 0.273 e. The lowest BCUT2D eigenvalue weighted by Crippen LogP contribution is -2.42. The molecule has 2 heterocycles. The van der Waals surface area contributed by atoms with Gasteiger partial charge in [-0.3, -0.25) is 30.2 Å². The molecule has 2 aromatic carbocycles. The van der Waals surface area contributed by atoms with E-state index in [1.165, 1.54) is 25.1 Å². The van der Waals surface area contributed by atoms with Gasteiger partial charge < -0.3 is 10.2 Å². The molecule has 3 aromatic rings. The molecule has 0 radical (unpaired) electrons. The number of benzene rings is 2. The quantitative estimate of drug-likeness (QED) is 0.291. The number of anilines is 1. The number of amides is 3. The van der Waals surface area contributed by atoms with Gasteiger partial charge in [0.1, 0.15) is 11.9 Å². The molecule has 9 nitrogen and oxygen atoms in total. The van der Waals surface area contributed by atoms with Gasteiger partial charge in [0.15, 0.2) is 11.6 Å². The van der Waals surface area contributed by atoms with Crippen molar-refractivity contribution in [1.29, 1.82) is 5.26 Å². The Hall–Kier alpha value is -4.92. The number of pyridine rings is 1. The second-order valence-corrected chi connectivity index (χ2v) is 11.5. The number of aromatic nitrogens is 1. The van der Waals surface area contributed by atoms with Crippen LogP contribution in [-0.2, 0) is 35.4 Å². The smallest absolute Gasteiger partial charge is 0.273 e. The van der Waals surface area contributed by atoms with Crippen molar-refractivity contribution >= 4 is 23.4 Å². The summed E-state index contributed by atoms with van der Waals surface area (Å²) in [6, 6.07) is 11.6. The van der Waals surface area contributed by atoms with E-state index in [4.69, 9.17) is 4.98 Å². The molecule has 4 rings (SSSR count). The predicted molar refractivity (Wildman–Crippen MR) is 161 cm³/mol. The van der Waals surface area contributed by atoms with Gasteiger partial charge in [-0.05, 0) is 67.0 Å². The highest BCUT2D eigenvalue weighted by Gasteiger charge is 2.35. The summed E-state index contributed by atoms with van der Waals surface area (Å²) in [4.78, 5) is 45.0. The number of halogens is 3. The van der Waals surface area contributed by atoms with Crippen LogP contribution in [0.2, 0.25) is 0 Å². The van der Waals surface area contributed by atoms with Crippen LogP contribution in [0, 0.1) is 40.6 Å². The van der Waals surface area contributed by atoms with Crippen LogP contribution in [0.5, 0.6) is 0 Å². The average molecular weight is 621 g/mol. The molecule has 1 aliphatic heterocycles. The van der Waals surface area contributed by atoms with Crippen molar-refractivity contribution in [3.05, 3.63) is 93.6 Å². The third-order valence-corrected chi connectivity index (χ3v) is 7.50. The van der Waals surface area contributed by atoms with Crippen molar-refractivity contribution in [3.63, 3.8) is 0 Å². The average Bonchev–Trinajstić information content (AvgIpc) is 3.49. The molecule has 1 aromatic heterocycles. The van der Waals surface area contributed by atoms with E-state index in [-0.39, 0.29) is 48.3 Å². The van der Waals surface area contributed by atoms with Crippen LogP contribution in [0.3, 0.4) is 0 Å². The molecule has 1 aliphatic rings. The zero-order valence-corrected chi connectivity index (χ0v) is 25.3. The molecule has 1 saturated heterocycles. The minimum Gasteiger partial charge on any atom is -0.369 e. The fourth-order valence-electron chi connectivity index (χ4n) is 5.34. The third kappa shape index (κ3) is 8.38. The lowest BCUT2D eigenvalue weighted by Gasteiger charge is -2.26. The Labute approximate surface area is 259 Å². The summed E-state index contributed by atoms with van der Waals surface area (Å²) in [5.41, 5.74) is 7.48. The van der Waals surface area contributed by atoms with E-state index in [0.29, 0.717) is 48.4 Å². The molecule has 0 spiro atoms. The van der Waals surface area contributed by atoms with Gasteiger partial charge in [0.05, 0.1) is 34.1 Å². The van der Waals surface area contributed by atoms with Crippen molar-refractivity contribution in [3.8, 4) is 6.07 Å². The first-order valence-corrected chi connectivity index (χ1v) is 14.7. The van der Waals surface area contributed by atoms with E-state index in [9.17, 15) is 32.8 Å². The number of carbonyl (C=O) groups excluding carboxylic acids is 3. The SMILES string of the molecule is CC(=O)NNC(=O)c1c(CCc2ccc(F)cc2)nc(CC(C)C)c(C#N)c1N1CCC(C(=O)NCc2ccc(F)c(F)c2)C1. The fraction of sp³-hybridized carbons (Fsp3) is 0.364. The molecule has 1 fully saturated rings. The molecule has 0 saturated carbocycles. The largest absolute Gasteiger partial charge is 0.369 e. The standard InChI is InChI=1S/C33H35F3N6O3/c1-19(2)14-29-25(16-37)31(42-13-12-23(18-42)32(44)38-17-22-6-10-26(35)27(36)15-22)30(33(45)41-40-20(3)43)28(39-29)11-7-21-4-8-24(34)9-5-21/h4-6,8-10,15,19,23H,7,11-14,17-18H2,1-3H3,(H,38,44)(H,40,43)(H,41,45). The van der Waals surface area contributed by atoms with Gasteiger partial charge in [-0.2, -0.15) is 5.26 Å². The highest BCUT2D eigenvalue weighted by molar-refractivity contribution is 6.03. The summed E-state index contributed by atoms with van der Waals surface area (Å²) < 4.78 is 40.5. The number of nitrogens with zero attached hydrogens (tertiary/aromatic N) is 3. The Bertz CT molecular complexity index is 1620. The molecule has 3 N–H and O–H groups in total. The predicted octanol–water partition coefficient (Wildman–Crippen LogP) is 4.28. The fourth-order valence-corrected chi connectivity index (χ4v) is 5.34. The maximum absolute atomic E-state index is 13.6. The first-order valence-electron chi connectivity index (χ1n) is 14.7. The van der Waals surface area contributed by atoms with Crippen LogP contribution in [0.15, 0.2) is 42.5 Å². The zero-order chi connectivity index (χ0) is 32.7. The summed E-state index contributed by atoms with van der Waals surface area (Å²) >= 11 is 0. The van der Waals surface area contributed by atoms with E-state index in [1.54, 1.807) is 12.1 Å². The van der Waals surface area contributed by atoms with Gasteiger partial charge >= 0.3 is 0 Å². The Balaban J connectivity index is 1.69. The van der Waals surface area contributed by atoms with Gasteiger partial charge in [0.2, 0.25) is 11.8 Å². The summed E-state index contributed by atoms with van der Waals surface area (Å²) in [5.74, 6) is -4.21. The van der Waals surface area contributed by atoms with E-state index in [1.807, 2.05) is 18.7 Å². The Morgan fingerprint density at radius 3 is 2.36 bits per heavy atom. The van der Waals surface area contributed by atoms with E-state index >= 15 is 0 Å². The number of aryl methyl sites for hydroxylation is 2. The van der Waals surface area contributed by atoms with Crippen LogP contribution in [0.1, 0.15) is 65.6 Å². The van der Waals surface area contributed by atoms with Crippen LogP contribution in [0.25, 0.3) is 0 Å². The van der Waals surface area contributed by atoms with E-state index < -0.39 is 29.4 Å². The second-order valence-electron chi connectivity index (χ2n) is 11.5. The molecule has 1 atom stereocenters. The summed E-state index contributed by atoms with van der Waals surface area (Å²) in [7, 11) is 0. The van der Waals surface area contributed by atoms with Crippen molar-refractivity contribution < 1.29 is 27.6 Å². The molecule has 45 heavy (non-hydrogen) atoms. The molecule has 12 heteroatoms. The van der Waals surface area contributed by atoms with Crippen molar-refractivity contribution in [2.24, 2.45) is 11.8 Å².